The molecule has 2 heterocycles. The lowest BCUT2D eigenvalue weighted by Crippen LogP contribution is -2.15. The molecule has 4 rings (SSSR count). The summed E-state index contributed by atoms with van der Waals surface area (Å²) in [6.45, 7) is 0. The molecule has 9 heteroatoms. The van der Waals surface area contributed by atoms with Gasteiger partial charge in [0.1, 0.15) is 17.1 Å². The lowest BCUT2D eigenvalue weighted by molar-refractivity contribution is -0.113. The van der Waals surface area contributed by atoms with E-state index >= 15 is 0 Å². The Morgan fingerprint density at radius 1 is 1.13 bits per heavy atom. The van der Waals surface area contributed by atoms with Gasteiger partial charge in [-0.3, -0.25) is 4.79 Å². The molecule has 154 valence electrons. The van der Waals surface area contributed by atoms with Crippen LogP contribution in [0.25, 0.3) is 22.6 Å². The van der Waals surface area contributed by atoms with Gasteiger partial charge in [-0.05, 0) is 24.3 Å². The smallest absolute Gasteiger partial charge is 0.234 e. The molecule has 0 atom stereocenters. The second-order valence-electron chi connectivity index (χ2n) is 6.42. The minimum atomic E-state index is -0.184. The van der Waals surface area contributed by atoms with E-state index in [-0.39, 0.29) is 11.7 Å². The van der Waals surface area contributed by atoms with Crippen LogP contribution in [0.4, 0.5) is 5.69 Å². The number of aromatic nitrogens is 3. The lowest BCUT2D eigenvalue weighted by atomic mass is 10.2. The zero-order valence-electron chi connectivity index (χ0n) is 16.7. The Balaban J connectivity index is 1.44. The molecular formula is C21H20N4O4S. The number of benzene rings is 2. The fourth-order valence-electron chi connectivity index (χ4n) is 2.97. The van der Waals surface area contributed by atoms with E-state index in [0.29, 0.717) is 33.9 Å². The number of fused-ring (bicyclic) bond motifs is 1. The van der Waals surface area contributed by atoms with E-state index in [1.54, 1.807) is 32.4 Å². The maximum Gasteiger partial charge on any atom is 0.234 e. The Morgan fingerprint density at radius 3 is 2.73 bits per heavy atom. The summed E-state index contributed by atoms with van der Waals surface area (Å²) in [6.07, 6.45) is 0. The molecule has 0 spiro atoms. The molecule has 0 unspecified atom stereocenters. The van der Waals surface area contributed by atoms with Gasteiger partial charge in [0.05, 0.1) is 25.7 Å². The zero-order valence-corrected chi connectivity index (χ0v) is 17.5. The van der Waals surface area contributed by atoms with Crippen molar-refractivity contribution in [1.82, 2.24) is 14.8 Å². The van der Waals surface area contributed by atoms with Gasteiger partial charge in [-0.15, -0.1) is 10.2 Å². The summed E-state index contributed by atoms with van der Waals surface area (Å²) in [6, 6.07) is 14.9. The first-order valence-electron chi connectivity index (χ1n) is 9.12. The molecule has 0 saturated heterocycles. The number of nitrogens with zero attached hydrogens (tertiary/aromatic N) is 3. The fraction of sp³-hybridized carbons (Fsp3) is 0.190. The van der Waals surface area contributed by atoms with Crippen molar-refractivity contribution in [2.75, 3.05) is 25.3 Å². The number of para-hydroxylation sites is 1. The molecule has 4 aromatic rings. The standard InChI is InChI=1S/C21H20N4O4S/c1-25-20(18-10-13-6-4-5-7-16(13)29-18)23-24-21(25)30-12-19(26)22-15-9-8-14(27-2)11-17(15)28-3/h4-11H,12H2,1-3H3,(H,22,26). The predicted molar refractivity (Wildman–Crippen MR) is 115 cm³/mol. The molecule has 0 aliphatic rings. The van der Waals surface area contributed by atoms with Gasteiger partial charge in [0, 0.05) is 18.5 Å². The van der Waals surface area contributed by atoms with Crippen LogP contribution in [-0.2, 0) is 11.8 Å². The van der Waals surface area contributed by atoms with Crippen molar-refractivity contribution in [3.8, 4) is 23.1 Å². The number of carbonyl (C=O) groups is 1. The average Bonchev–Trinajstić information content (AvgIpc) is 3.35. The highest BCUT2D eigenvalue weighted by molar-refractivity contribution is 7.99. The van der Waals surface area contributed by atoms with E-state index in [1.807, 2.05) is 41.9 Å². The van der Waals surface area contributed by atoms with Gasteiger partial charge in [0.2, 0.25) is 5.91 Å². The van der Waals surface area contributed by atoms with Crippen LogP contribution >= 0.6 is 11.8 Å². The summed E-state index contributed by atoms with van der Waals surface area (Å²) in [5.74, 6) is 2.39. The molecule has 0 fully saturated rings. The Hall–Kier alpha value is -3.46. The summed E-state index contributed by atoms with van der Waals surface area (Å²) in [5.41, 5.74) is 1.36. The summed E-state index contributed by atoms with van der Waals surface area (Å²) in [4.78, 5) is 12.4. The predicted octanol–water partition coefficient (Wildman–Crippen LogP) is 3.98. The van der Waals surface area contributed by atoms with Crippen molar-refractivity contribution >= 4 is 34.3 Å². The second-order valence-corrected chi connectivity index (χ2v) is 7.36. The van der Waals surface area contributed by atoms with E-state index < -0.39 is 0 Å². The third-order valence-corrected chi connectivity index (χ3v) is 5.52. The highest BCUT2D eigenvalue weighted by atomic mass is 32.2. The fourth-order valence-corrected chi connectivity index (χ4v) is 3.68. The molecule has 1 amide bonds. The van der Waals surface area contributed by atoms with Crippen LogP contribution in [0.2, 0.25) is 0 Å². The first-order valence-corrected chi connectivity index (χ1v) is 10.1. The lowest BCUT2D eigenvalue weighted by Gasteiger charge is -2.11. The number of methoxy groups -OCH3 is 2. The Morgan fingerprint density at radius 2 is 1.97 bits per heavy atom. The molecule has 1 N–H and O–H groups in total. The third kappa shape index (κ3) is 3.97. The minimum absolute atomic E-state index is 0.168. The van der Waals surface area contributed by atoms with Gasteiger partial charge in [-0.25, -0.2) is 0 Å². The molecule has 0 aliphatic heterocycles. The number of nitrogens with one attached hydrogen (secondary N) is 1. The molecular weight excluding hydrogens is 404 g/mol. The van der Waals surface area contributed by atoms with Crippen molar-refractivity contribution in [3.63, 3.8) is 0 Å². The van der Waals surface area contributed by atoms with Crippen LogP contribution < -0.4 is 14.8 Å². The number of hydrogen-bond donors (Lipinski definition) is 1. The van der Waals surface area contributed by atoms with E-state index in [1.165, 1.54) is 11.8 Å². The van der Waals surface area contributed by atoms with Gasteiger partial charge < -0.3 is 23.8 Å². The highest BCUT2D eigenvalue weighted by Gasteiger charge is 2.17. The number of hydrogen-bond acceptors (Lipinski definition) is 7. The summed E-state index contributed by atoms with van der Waals surface area (Å²) < 4.78 is 18.2. The molecule has 0 bridgehead atoms. The molecule has 0 saturated carbocycles. The van der Waals surface area contributed by atoms with Crippen LogP contribution in [0.1, 0.15) is 0 Å². The number of anilines is 1. The summed E-state index contributed by atoms with van der Waals surface area (Å²) >= 11 is 1.29. The van der Waals surface area contributed by atoms with Crippen molar-refractivity contribution in [1.29, 1.82) is 0 Å². The molecule has 0 radical (unpaired) electrons. The number of amides is 1. The molecule has 8 nitrogen and oxygen atoms in total. The quantitative estimate of drug-likeness (QED) is 0.449. The SMILES string of the molecule is COc1ccc(NC(=O)CSc2nnc(-c3cc4ccccc4o3)n2C)c(OC)c1. The van der Waals surface area contributed by atoms with Crippen molar-refractivity contribution in [2.24, 2.45) is 7.05 Å². The number of carbonyl (C=O) groups excluding carboxylic acids is 1. The number of thioether (sulfide) groups is 1. The normalized spacial score (nSPS) is 10.9. The van der Waals surface area contributed by atoms with Gasteiger partial charge in [-0.1, -0.05) is 30.0 Å². The van der Waals surface area contributed by atoms with Gasteiger partial charge in [-0.2, -0.15) is 0 Å². The first-order chi connectivity index (χ1) is 14.6. The Bertz CT molecular complexity index is 1170. The van der Waals surface area contributed by atoms with Gasteiger partial charge in [0.25, 0.3) is 0 Å². The van der Waals surface area contributed by atoms with E-state index in [0.717, 1.165) is 11.0 Å². The molecule has 30 heavy (non-hydrogen) atoms. The highest BCUT2D eigenvalue weighted by Crippen LogP contribution is 2.30. The Kier molecular flexibility index (Phi) is 5.62. The van der Waals surface area contributed by atoms with Crippen molar-refractivity contribution in [3.05, 3.63) is 48.5 Å². The van der Waals surface area contributed by atoms with E-state index in [9.17, 15) is 4.79 Å². The molecule has 2 aromatic carbocycles. The largest absolute Gasteiger partial charge is 0.497 e. The van der Waals surface area contributed by atoms with Crippen LogP contribution in [0.15, 0.2) is 58.1 Å². The minimum Gasteiger partial charge on any atom is -0.497 e. The van der Waals surface area contributed by atoms with Gasteiger partial charge >= 0.3 is 0 Å². The molecule has 2 aromatic heterocycles. The average molecular weight is 424 g/mol. The van der Waals surface area contributed by atoms with Gasteiger partial charge in [0.15, 0.2) is 16.7 Å². The number of ether oxygens (including phenoxy) is 2. The third-order valence-electron chi connectivity index (χ3n) is 4.50. The Labute approximate surface area is 177 Å². The first kappa shape index (κ1) is 19.8. The van der Waals surface area contributed by atoms with Crippen molar-refractivity contribution in [2.45, 2.75) is 5.16 Å². The number of rotatable bonds is 7. The maximum absolute atomic E-state index is 12.4. The monoisotopic (exact) mass is 424 g/mol. The van der Waals surface area contributed by atoms with Crippen LogP contribution in [0, 0.1) is 0 Å². The van der Waals surface area contributed by atoms with Crippen LogP contribution in [0.5, 0.6) is 11.5 Å². The topological polar surface area (TPSA) is 91.4 Å². The summed E-state index contributed by atoms with van der Waals surface area (Å²) in [7, 11) is 4.96. The van der Waals surface area contributed by atoms with Crippen LogP contribution in [-0.4, -0.2) is 40.6 Å². The summed E-state index contributed by atoms with van der Waals surface area (Å²) in [5, 5.41) is 12.9. The molecule has 0 aliphatic carbocycles. The number of furan rings is 1. The van der Waals surface area contributed by atoms with Crippen molar-refractivity contribution < 1.29 is 18.7 Å². The maximum atomic E-state index is 12.4. The second kappa shape index (κ2) is 8.50. The zero-order chi connectivity index (χ0) is 21.1. The van der Waals surface area contributed by atoms with Crippen LogP contribution in [0.3, 0.4) is 0 Å². The van der Waals surface area contributed by atoms with E-state index in [4.69, 9.17) is 13.9 Å². The van der Waals surface area contributed by atoms with E-state index in [2.05, 4.69) is 15.5 Å².